The molecule has 0 aliphatic carbocycles. The van der Waals surface area contributed by atoms with Crippen molar-refractivity contribution in [1.82, 2.24) is 0 Å². The Kier molecular flexibility index (Phi) is 4.27. The zero-order valence-corrected chi connectivity index (χ0v) is 10.2. The number of benzene rings is 1. The minimum absolute atomic E-state index is 0.179. The van der Waals surface area contributed by atoms with Gasteiger partial charge in [-0.3, -0.25) is 0 Å². The molecule has 1 rings (SSSR count). The van der Waals surface area contributed by atoms with Crippen LogP contribution < -0.4 is 0 Å². The van der Waals surface area contributed by atoms with Crippen LogP contribution >= 0.6 is 11.6 Å². The molecule has 0 aromatic heterocycles. The largest absolute Gasteiger partial charge is 0.224 e. The maximum Gasteiger partial charge on any atom is 0.178 e. The molecule has 0 aliphatic rings. The second kappa shape index (κ2) is 5.10. The van der Waals surface area contributed by atoms with Crippen LogP contribution in [0.15, 0.2) is 23.1 Å². The molecule has 0 saturated heterocycles. The summed E-state index contributed by atoms with van der Waals surface area (Å²) in [5.41, 5.74) is 0. The standard InChI is InChI=1S/C10H11ClF2O2S/c1-7(5-11)6-16(14,15)8-2-3-9(12)10(13)4-8/h2-4,7H,5-6H2,1H3. The molecule has 16 heavy (non-hydrogen) atoms. The van der Waals surface area contributed by atoms with Gasteiger partial charge < -0.3 is 0 Å². The van der Waals surface area contributed by atoms with Gasteiger partial charge in [-0.05, 0) is 24.1 Å². The summed E-state index contributed by atoms with van der Waals surface area (Å²) >= 11 is 5.50. The summed E-state index contributed by atoms with van der Waals surface area (Å²) in [6.07, 6.45) is 0. The van der Waals surface area contributed by atoms with E-state index in [1.165, 1.54) is 0 Å². The van der Waals surface area contributed by atoms with Crippen LogP contribution in [0, 0.1) is 17.6 Å². The van der Waals surface area contributed by atoms with Crippen molar-refractivity contribution in [2.75, 3.05) is 11.6 Å². The third-order valence-electron chi connectivity index (χ3n) is 2.02. The van der Waals surface area contributed by atoms with Crippen molar-refractivity contribution in [3.05, 3.63) is 29.8 Å². The first-order chi connectivity index (χ1) is 7.36. The highest BCUT2D eigenvalue weighted by molar-refractivity contribution is 7.91. The van der Waals surface area contributed by atoms with Gasteiger partial charge in [-0.1, -0.05) is 6.92 Å². The van der Waals surface area contributed by atoms with Crippen LogP contribution in [-0.4, -0.2) is 20.1 Å². The van der Waals surface area contributed by atoms with E-state index in [4.69, 9.17) is 11.6 Å². The van der Waals surface area contributed by atoms with Crippen molar-refractivity contribution >= 4 is 21.4 Å². The topological polar surface area (TPSA) is 34.1 Å². The fourth-order valence-corrected chi connectivity index (χ4v) is 3.04. The Balaban J connectivity index is 3.03. The molecule has 1 unspecified atom stereocenters. The molecule has 0 radical (unpaired) electrons. The minimum atomic E-state index is -3.60. The normalized spacial score (nSPS) is 13.8. The number of hydrogen-bond donors (Lipinski definition) is 0. The SMILES string of the molecule is CC(CCl)CS(=O)(=O)c1ccc(F)c(F)c1. The molecule has 6 heteroatoms. The lowest BCUT2D eigenvalue weighted by atomic mass is 10.3. The maximum atomic E-state index is 12.9. The van der Waals surface area contributed by atoms with Crippen molar-refractivity contribution < 1.29 is 17.2 Å². The van der Waals surface area contributed by atoms with E-state index in [1.54, 1.807) is 6.92 Å². The van der Waals surface area contributed by atoms with E-state index in [1.807, 2.05) is 0 Å². The van der Waals surface area contributed by atoms with Gasteiger partial charge in [-0.25, -0.2) is 17.2 Å². The van der Waals surface area contributed by atoms with Gasteiger partial charge in [0.25, 0.3) is 0 Å². The van der Waals surface area contributed by atoms with Crippen LogP contribution in [-0.2, 0) is 9.84 Å². The first-order valence-electron chi connectivity index (χ1n) is 4.60. The number of alkyl halides is 1. The molecule has 0 spiro atoms. The van der Waals surface area contributed by atoms with E-state index >= 15 is 0 Å². The van der Waals surface area contributed by atoms with Crippen LogP contribution in [0.4, 0.5) is 8.78 Å². The van der Waals surface area contributed by atoms with Crippen molar-refractivity contribution in [3.63, 3.8) is 0 Å². The molecule has 1 atom stereocenters. The molecular formula is C10H11ClF2O2S. The Morgan fingerprint density at radius 2 is 1.94 bits per heavy atom. The molecule has 0 N–H and O–H groups in total. The molecule has 0 amide bonds. The first kappa shape index (κ1) is 13.4. The van der Waals surface area contributed by atoms with Crippen LogP contribution in [0.25, 0.3) is 0 Å². The number of halogens is 3. The van der Waals surface area contributed by atoms with Crippen molar-refractivity contribution in [3.8, 4) is 0 Å². The van der Waals surface area contributed by atoms with Crippen LogP contribution in [0.2, 0.25) is 0 Å². The Morgan fingerprint density at radius 1 is 1.31 bits per heavy atom. The molecule has 0 bridgehead atoms. The van der Waals surface area contributed by atoms with Gasteiger partial charge in [0.1, 0.15) is 0 Å². The molecule has 0 heterocycles. The summed E-state index contributed by atoms with van der Waals surface area (Å²) in [4.78, 5) is -0.219. The van der Waals surface area contributed by atoms with E-state index in [0.29, 0.717) is 6.07 Å². The van der Waals surface area contributed by atoms with Crippen molar-refractivity contribution in [2.24, 2.45) is 5.92 Å². The lowest BCUT2D eigenvalue weighted by Crippen LogP contribution is -2.15. The second-order valence-electron chi connectivity index (χ2n) is 3.62. The highest BCUT2D eigenvalue weighted by Crippen LogP contribution is 2.17. The van der Waals surface area contributed by atoms with Gasteiger partial charge >= 0.3 is 0 Å². The highest BCUT2D eigenvalue weighted by Gasteiger charge is 2.19. The molecule has 0 fully saturated rings. The Morgan fingerprint density at radius 3 is 2.44 bits per heavy atom. The van der Waals surface area contributed by atoms with E-state index in [9.17, 15) is 17.2 Å². The molecular weight excluding hydrogens is 258 g/mol. The number of rotatable bonds is 4. The van der Waals surface area contributed by atoms with E-state index in [-0.39, 0.29) is 22.4 Å². The third-order valence-corrected chi connectivity index (χ3v) is 4.52. The third kappa shape index (κ3) is 3.15. The summed E-state index contributed by atoms with van der Waals surface area (Å²) < 4.78 is 48.9. The van der Waals surface area contributed by atoms with Gasteiger partial charge in [0.05, 0.1) is 10.6 Å². The van der Waals surface area contributed by atoms with Gasteiger partial charge in [0.2, 0.25) is 0 Å². The number of hydrogen-bond acceptors (Lipinski definition) is 2. The molecule has 0 aliphatic heterocycles. The fourth-order valence-electron chi connectivity index (χ4n) is 1.19. The van der Waals surface area contributed by atoms with Crippen molar-refractivity contribution in [2.45, 2.75) is 11.8 Å². The maximum absolute atomic E-state index is 12.9. The minimum Gasteiger partial charge on any atom is -0.224 e. The molecule has 1 aromatic rings. The quantitative estimate of drug-likeness (QED) is 0.621. The predicted molar refractivity (Wildman–Crippen MR) is 58.3 cm³/mol. The van der Waals surface area contributed by atoms with E-state index < -0.39 is 21.5 Å². The average Bonchev–Trinajstić information content (AvgIpc) is 2.21. The lowest BCUT2D eigenvalue weighted by Gasteiger charge is -2.08. The second-order valence-corrected chi connectivity index (χ2v) is 5.96. The van der Waals surface area contributed by atoms with Crippen LogP contribution in [0.3, 0.4) is 0 Å². The molecule has 90 valence electrons. The van der Waals surface area contributed by atoms with Gasteiger partial charge in [-0.15, -0.1) is 11.6 Å². The smallest absolute Gasteiger partial charge is 0.178 e. The Bertz CT molecular complexity index is 474. The molecule has 1 aromatic carbocycles. The van der Waals surface area contributed by atoms with Gasteiger partial charge in [0.15, 0.2) is 21.5 Å². The average molecular weight is 269 g/mol. The summed E-state index contributed by atoms with van der Waals surface area (Å²) in [5, 5.41) is 0. The Labute approximate surface area is 98.2 Å². The zero-order valence-electron chi connectivity index (χ0n) is 8.58. The lowest BCUT2D eigenvalue weighted by molar-refractivity contribution is 0.504. The van der Waals surface area contributed by atoms with Crippen molar-refractivity contribution in [1.29, 1.82) is 0 Å². The summed E-state index contributed by atoms with van der Waals surface area (Å²) in [5.74, 6) is -2.45. The molecule has 2 nitrogen and oxygen atoms in total. The van der Waals surface area contributed by atoms with Gasteiger partial charge in [-0.2, -0.15) is 0 Å². The van der Waals surface area contributed by atoms with Crippen LogP contribution in [0.5, 0.6) is 0 Å². The Hall–Kier alpha value is -0.680. The van der Waals surface area contributed by atoms with Crippen LogP contribution in [0.1, 0.15) is 6.92 Å². The highest BCUT2D eigenvalue weighted by atomic mass is 35.5. The summed E-state index contributed by atoms with van der Waals surface area (Å²) in [6.45, 7) is 1.67. The van der Waals surface area contributed by atoms with Gasteiger partial charge in [0, 0.05) is 5.88 Å². The first-order valence-corrected chi connectivity index (χ1v) is 6.79. The van der Waals surface area contributed by atoms with E-state index in [0.717, 1.165) is 12.1 Å². The number of sulfone groups is 1. The summed E-state index contributed by atoms with van der Waals surface area (Å²) in [6, 6.07) is 2.54. The monoisotopic (exact) mass is 268 g/mol. The zero-order chi connectivity index (χ0) is 12.3. The fraction of sp³-hybridized carbons (Fsp3) is 0.400. The van der Waals surface area contributed by atoms with E-state index in [2.05, 4.69) is 0 Å². The summed E-state index contributed by atoms with van der Waals surface area (Å²) in [7, 11) is -3.60. The molecule has 0 saturated carbocycles. The predicted octanol–water partition coefficient (Wildman–Crippen LogP) is 2.61.